The fraction of sp³-hybridized carbons (Fsp3) is 0.462. The summed E-state index contributed by atoms with van der Waals surface area (Å²) in [6, 6.07) is 4.93. The molecule has 0 saturated heterocycles. The van der Waals surface area contributed by atoms with Crippen molar-refractivity contribution in [1.82, 2.24) is 5.32 Å². The quantitative estimate of drug-likeness (QED) is 0.610. The Kier molecular flexibility index (Phi) is 6.38. The lowest BCUT2D eigenvalue weighted by Gasteiger charge is -2.17. The highest BCUT2D eigenvalue weighted by Gasteiger charge is 2.21. The fourth-order valence-corrected chi connectivity index (χ4v) is 1.63. The Morgan fingerprint density at radius 1 is 1.32 bits per heavy atom. The molecule has 0 amide bonds. The van der Waals surface area contributed by atoms with Gasteiger partial charge in [0.25, 0.3) is 6.43 Å². The number of carbonyl (C=O) groups is 1. The number of halogens is 2. The van der Waals surface area contributed by atoms with Crippen LogP contribution in [-0.4, -0.2) is 33.3 Å². The van der Waals surface area contributed by atoms with E-state index in [1.807, 2.05) is 0 Å². The van der Waals surface area contributed by atoms with Gasteiger partial charge in [-0.05, 0) is 11.6 Å². The van der Waals surface area contributed by atoms with Gasteiger partial charge >= 0.3 is 5.97 Å². The molecular formula is C13H17F2NO3. The van der Waals surface area contributed by atoms with Gasteiger partial charge in [-0.25, -0.2) is 13.6 Å². The zero-order valence-electron chi connectivity index (χ0n) is 10.9. The molecule has 1 aromatic rings. The summed E-state index contributed by atoms with van der Waals surface area (Å²) in [6.45, 7) is 0.817. The maximum absolute atomic E-state index is 12.6. The van der Waals surface area contributed by atoms with Gasteiger partial charge in [0, 0.05) is 19.2 Å². The van der Waals surface area contributed by atoms with E-state index in [9.17, 15) is 13.6 Å². The first-order chi connectivity index (χ1) is 9.10. The SMILES string of the molecule is COCCNC(C(=O)OC)c1cccc(C(F)F)c1. The van der Waals surface area contributed by atoms with Gasteiger partial charge in [0.05, 0.1) is 13.7 Å². The standard InChI is InChI=1S/C13H17F2NO3/c1-18-7-6-16-11(13(17)19-2)9-4-3-5-10(8-9)12(14)15/h3-5,8,11-12,16H,6-7H2,1-2H3. The van der Waals surface area contributed by atoms with Crippen molar-refractivity contribution in [3.63, 3.8) is 0 Å². The lowest BCUT2D eigenvalue weighted by atomic mass is 10.0. The van der Waals surface area contributed by atoms with Crippen molar-refractivity contribution in [3.05, 3.63) is 35.4 Å². The Bertz CT molecular complexity index is 413. The topological polar surface area (TPSA) is 47.6 Å². The molecule has 0 spiro atoms. The fourth-order valence-electron chi connectivity index (χ4n) is 1.63. The van der Waals surface area contributed by atoms with Crippen molar-refractivity contribution in [2.45, 2.75) is 12.5 Å². The summed E-state index contributed by atoms with van der Waals surface area (Å²) in [6.07, 6.45) is -2.57. The molecule has 1 N–H and O–H groups in total. The van der Waals surface area contributed by atoms with Crippen LogP contribution in [0.5, 0.6) is 0 Å². The summed E-state index contributed by atoms with van der Waals surface area (Å²) in [5, 5.41) is 2.91. The normalized spacial score (nSPS) is 12.5. The summed E-state index contributed by atoms with van der Waals surface area (Å²) >= 11 is 0. The minimum atomic E-state index is -2.57. The zero-order valence-corrected chi connectivity index (χ0v) is 10.9. The van der Waals surface area contributed by atoms with Gasteiger partial charge < -0.3 is 9.47 Å². The van der Waals surface area contributed by atoms with E-state index in [1.54, 1.807) is 6.07 Å². The van der Waals surface area contributed by atoms with Crippen LogP contribution in [-0.2, 0) is 14.3 Å². The molecule has 1 atom stereocenters. The first kappa shape index (κ1) is 15.5. The third-order valence-electron chi connectivity index (χ3n) is 2.59. The number of carbonyl (C=O) groups excluding carboxylic acids is 1. The van der Waals surface area contributed by atoms with E-state index in [1.165, 1.54) is 32.4 Å². The van der Waals surface area contributed by atoms with E-state index in [-0.39, 0.29) is 5.56 Å². The predicted octanol–water partition coefficient (Wildman–Crippen LogP) is 2.07. The van der Waals surface area contributed by atoms with Gasteiger partial charge in [-0.2, -0.15) is 0 Å². The molecule has 19 heavy (non-hydrogen) atoms. The highest BCUT2D eigenvalue weighted by atomic mass is 19.3. The van der Waals surface area contributed by atoms with Gasteiger partial charge in [0.2, 0.25) is 0 Å². The molecule has 0 saturated carbocycles. The average Bonchev–Trinajstić information content (AvgIpc) is 2.43. The van der Waals surface area contributed by atoms with E-state index in [0.717, 1.165) is 0 Å². The monoisotopic (exact) mass is 273 g/mol. The smallest absolute Gasteiger partial charge is 0.327 e. The second kappa shape index (κ2) is 7.81. The summed E-state index contributed by atoms with van der Waals surface area (Å²) in [5.74, 6) is -0.525. The molecule has 6 heteroatoms. The largest absolute Gasteiger partial charge is 0.468 e. The van der Waals surface area contributed by atoms with E-state index >= 15 is 0 Å². The van der Waals surface area contributed by atoms with Crippen LogP contribution in [0.15, 0.2) is 24.3 Å². The van der Waals surface area contributed by atoms with E-state index in [4.69, 9.17) is 4.74 Å². The number of hydrogen-bond donors (Lipinski definition) is 1. The van der Waals surface area contributed by atoms with E-state index in [2.05, 4.69) is 10.1 Å². The Hall–Kier alpha value is -1.53. The maximum atomic E-state index is 12.6. The molecule has 0 radical (unpaired) electrons. The molecule has 0 aliphatic carbocycles. The molecule has 0 bridgehead atoms. The minimum absolute atomic E-state index is 0.125. The minimum Gasteiger partial charge on any atom is -0.468 e. The molecule has 0 aliphatic heterocycles. The van der Waals surface area contributed by atoms with Gasteiger partial charge in [0.1, 0.15) is 6.04 Å². The number of ether oxygens (including phenoxy) is 2. The van der Waals surface area contributed by atoms with Crippen molar-refractivity contribution in [3.8, 4) is 0 Å². The molecule has 1 unspecified atom stereocenters. The second-order valence-electron chi connectivity index (χ2n) is 3.87. The zero-order chi connectivity index (χ0) is 14.3. The van der Waals surface area contributed by atoms with Gasteiger partial charge in [0.15, 0.2) is 0 Å². The molecule has 1 rings (SSSR count). The van der Waals surface area contributed by atoms with Crippen molar-refractivity contribution < 1.29 is 23.0 Å². The summed E-state index contributed by atoms with van der Waals surface area (Å²) in [4.78, 5) is 11.7. The van der Waals surface area contributed by atoms with Crippen LogP contribution in [0.25, 0.3) is 0 Å². The molecule has 0 aliphatic rings. The number of methoxy groups -OCH3 is 2. The van der Waals surface area contributed by atoms with Gasteiger partial charge in [-0.3, -0.25) is 5.32 Å². The molecule has 1 aromatic carbocycles. The van der Waals surface area contributed by atoms with Crippen LogP contribution < -0.4 is 5.32 Å². The van der Waals surface area contributed by atoms with Crippen molar-refractivity contribution in [2.24, 2.45) is 0 Å². The van der Waals surface area contributed by atoms with Crippen LogP contribution in [0.1, 0.15) is 23.6 Å². The Morgan fingerprint density at radius 2 is 2.00 bits per heavy atom. The number of esters is 1. The van der Waals surface area contributed by atoms with E-state index in [0.29, 0.717) is 18.7 Å². The first-order valence-corrected chi connectivity index (χ1v) is 5.78. The predicted molar refractivity (Wildman–Crippen MR) is 66.0 cm³/mol. The van der Waals surface area contributed by atoms with Crippen molar-refractivity contribution in [1.29, 1.82) is 0 Å². The van der Waals surface area contributed by atoms with Crippen molar-refractivity contribution in [2.75, 3.05) is 27.4 Å². The van der Waals surface area contributed by atoms with E-state index < -0.39 is 18.4 Å². The Balaban J connectivity index is 2.89. The third-order valence-corrected chi connectivity index (χ3v) is 2.59. The maximum Gasteiger partial charge on any atom is 0.327 e. The number of rotatable bonds is 7. The summed E-state index contributed by atoms with van der Waals surface area (Å²) < 4.78 is 34.8. The third kappa shape index (κ3) is 4.57. The highest BCUT2D eigenvalue weighted by Crippen LogP contribution is 2.23. The molecule has 106 valence electrons. The Morgan fingerprint density at radius 3 is 2.58 bits per heavy atom. The highest BCUT2D eigenvalue weighted by molar-refractivity contribution is 5.77. The second-order valence-corrected chi connectivity index (χ2v) is 3.87. The van der Waals surface area contributed by atoms with Crippen LogP contribution in [0, 0.1) is 0 Å². The summed E-state index contributed by atoms with van der Waals surface area (Å²) in [5.41, 5.74) is 0.320. The number of alkyl halides is 2. The Labute approximate surface area is 110 Å². The number of nitrogens with one attached hydrogen (secondary N) is 1. The lowest BCUT2D eigenvalue weighted by Crippen LogP contribution is -2.32. The first-order valence-electron chi connectivity index (χ1n) is 5.78. The number of hydrogen-bond acceptors (Lipinski definition) is 4. The molecule has 0 heterocycles. The lowest BCUT2D eigenvalue weighted by molar-refractivity contribution is -0.143. The van der Waals surface area contributed by atoms with Crippen LogP contribution in [0.2, 0.25) is 0 Å². The van der Waals surface area contributed by atoms with Crippen LogP contribution in [0.3, 0.4) is 0 Å². The molecular weight excluding hydrogens is 256 g/mol. The van der Waals surface area contributed by atoms with Gasteiger partial charge in [-0.15, -0.1) is 0 Å². The molecule has 0 aromatic heterocycles. The molecule has 4 nitrogen and oxygen atoms in total. The van der Waals surface area contributed by atoms with Crippen molar-refractivity contribution >= 4 is 5.97 Å². The number of benzene rings is 1. The average molecular weight is 273 g/mol. The van der Waals surface area contributed by atoms with Gasteiger partial charge in [-0.1, -0.05) is 18.2 Å². The summed E-state index contributed by atoms with van der Waals surface area (Å²) in [7, 11) is 2.79. The van der Waals surface area contributed by atoms with Crippen LogP contribution >= 0.6 is 0 Å². The molecule has 0 fully saturated rings. The van der Waals surface area contributed by atoms with Crippen LogP contribution in [0.4, 0.5) is 8.78 Å².